The molecule has 0 aromatic carbocycles. The molecule has 2 nitrogen and oxygen atoms in total. The van der Waals surface area contributed by atoms with Crippen molar-refractivity contribution in [1.82, 2.24) is 0 Å². The van der Waals surface area contributed by atoms with Crippen LogP contribution < -0.4 is 0 Å². The van der Waals surface area contributed by atoms with Gasteiger partial charge in [0, 0.05) is 12.0 Å². The second kappa shape index (κ2) is 13.0. The van der Waals surface area contributed by atoms with Crippen LogP contribution in [0.4, 0.5) is 0 Å². The Hall–Kier alpha value is -1.44. The molecule has 2 N–H and O–H groups in total. The summed E-state index contributed by atoms with van der Waals surface area (Å²) in [6.07, 6.45) is 13.8. The van der Waals surface area contributed by atoms with Gasteiger partial charge in [-0.3, -0.25) is 0 Å². The van der Waals surface area contributed by atoms with Gasteiger partial charge in [-0.05, 0) is 52.5 Å². The van der Waals surface area contributed by atoms with Crippen LogP contribution in [0.5, 0.6) is 0 Å². The summed E-state index contributed by atoms with van der Waals surface area (Å²) in [6.45, 7) is 10.4. The van der Waals surface area contributed by atoms with E-state index in [0.29, 0.717) is 24.2 Å². The lowest BCUT2D eigenvalue weighted by atomic mass is 10.0. The van der Waals surface area contributed by atoms with Crippen molar-refractivity contribution in [1.29, 1.82) is 0 Å². The molecule has 0 unspecified atom stereocenters. The summed E-state index contributed by atoms with van der Waals surface area (Å²) in [6, 6.07) is 0. The molecule has 0 atom stereocenters. The predicted molar refractivity (Wildman–Crippen MR) is 102 cm³/mol. The first-order chi connectivity index (χ1) is 10.9. The third-order valence-electron chi connectivity index (χ3n) is 3.87. The van der Waals surface area contributed by atoms with E-state index in [1.807, 2.05) is 13.0 Å². The Bertz CT molecular complexity index is 446. The fourth-order valence-electron chi connectivity index (χ4n) is 2.24. The molecule has 0 amide bonds. The largest absolute Gasteiger partial charge is 0.512 e. The predicted octanol–water partition coefficient (Wildman–Crippen LogP) is 7.31. The minimum atomic E-state index is 0.243. The van der Waals surface area contributed by atoms with E-state index >= 15 is 0 Å². The first-order valence-corrected chi connectivity index (χ1v) is 9.01. The smallest absolute Gasteiger partial charge is 0.118 e. The van der Waals surface area contributed by atoms with Crippen molar-refractivity contribution in [2.24, 2.45) is 0 Å². The Morgan fingerprint density at radius 2 is 1.52 bits per heavy atom. The van der Waals surface area contributed by atoms with Crippen molar-refractivity contribution in [3.63, 3.8) is 0 Å². The van der Waals surface area contributed by atoms with E-state index in [4.69, 9.17) is 0 Å². The number of hydrogen-bond acceptors (Lipinski definition) is 2. The molecule has 0 saturated carbocycles. The minimum Gasteiger partial charge on any atom is -0.512 e. The monoisotopic (exact) mass is 320 g/mol. The van der Waals surface area contributed by atoms with Crippen LogP contribution in [0, 0.1) is 0 Å². The van der Waals surface area contributed by atoms with Gasteiger partial charge in [0.2, 0.25) is 0 Å². The fraction of sp³-hybridized carbons (Fsp3) is 0.619. The average molecular weight is 321 g/mol. The number of rotatable bonds is 11. The molecule has 132 valence electrons. The standard InChI is InChI=1S/C21H36O2/c1-6-8-9-10-11-12-21(23)19(20(22)7-2)16-15-18(5)14-13-17(3)4/h12-13,15,22-23H,6-11,14,16H2,1-5H3/b18-15-,20-19+,21-12+. The van der Waals surface area contributed by atoms with Gasteiger partial charge in [-0.25, -0.2) is 0 Å². The Labute approximate surface area is 143 Å². The van der Waals surface area contributed by atoms with Gasteiger partial charge in [0.15, 0.2) is 0 Å². The molecule has 0 heterocycles. The highest BCUT2D eigenvalue weighted by Crippen LogP contribution is 2.21. The molecule has 0 aromatic heterocycles. The van der Waals surface area contributed by atoms with Crippen LogP contribution in [0.25, 0.3) is 0 Å². The molecule has 0 aliphatic carbocycles. The molecule has 0 spiro atoms. The minimum absolute atomic E-state index is 0.243. The fourth-order valence-corrected chi connectivity index (χ4v) is 2.24. The molecule has 0 saturated heterocycles. The molecule has 0 fully saturated rings. The summed E-state index contributed by atoms with van der Waals surface area (Å²) in [5.41, 5.74) is 3.22. The van der Waals surface area contributed by atoms with Crippen LogP contribution >= 0.6 is 0 Å². The van der Waals surface area contributed by atoms with Crippen LogP contribution in [-0.2, 0) is 0 Å². The van der Waals surface area contributed by atoms with Gasteiger partial charge in [-0.15, -0.1) is 0 Å². The molecule has 0 rings (SSSR count). The molecule has 0 aromatic rings. The summed E-state index contributed by atoms with van der Waals surface area (Å²) >= 11 is 0. The van der Waals surface area contributed by atoms with Crippen LogP contribution in [0.1, 0.15) is 86.0 Å². The van der Waals surface area contributed by atoms with Crippen LogP contribution in [0.3, 0.4) is 0 Å². The van der Waals surface area contributed by atoms with E-state index < -0.39 is 0 Å². The van der Waals surface area contributed by atoms with Gasteiger partial charge in [0.05, 0.1) is 5.76 Å². The van der Waals surface area contributed by atoms with Crippen molar-refractivity contribution in [3.8, 4) is 0 Å². The Kier molecular flexibility index (Phi) is 12.2. The van der Waals surface area contributed by atoms with Crippen LogP contribution in [-0.4, -0.2) is 10.2 Å². The highest BCUT2D eigenvalue weighted by atomic mass is 16.3. The van der Waals surface area contributed by atoms with E-state index in [1.54, 1.807) is 0 Å². The van der Waals surface area contributed by atoms with E-state index in [0.717, 1.165) is 19.3 Å². The highest BCUT2D eigenvalue weighted by molar-refractivity contribution is 5.30. The SMILES string of the molecule is CCCCCC/C=C(O)\C(C/C=C(/C)CC=C(C)C)=C(\O)CC. The Balaban J connectivity index is 4.80. The molecule has 0 radical (unpaired) electrons. The molecule has 0 aliphatic heterocycles. The molecular weight excluding hydrogens is 284 g/mol. The summed E-state index contributed by atoms with van der Waals surface area (Å²) in [5.74, 6) is 0.533. The van der Waals surface area contributed by atoms with Gasteiger partial charge in [-0.2, -0.15) is 0 Å². The van der Waals surface area contributed by atoms with Gasteiger partial charge in [0.25, 0.3) is 0 Å². The second-order valence-electron chi connectivity index (χ2n) is 6.46. The summed E-state index contributed by atoms with van der Waals surface area (Å²) in [5, 5.41) is 20.4. The molecule has 0 bridgehead atoms. The lowest BCUT2D eigenvalue weighted by Crippen LogP contribution is -1.95. The zero-order valence-electron chi connectivity index (χ0n) is 15.8. The summed E-state index contributed by atoms with van der Waals surface area (Å²) in [7, 11) is 0. The molecule has 2 heteroatoms. The third kappa shape index (κ3) is 10.8. The maximum absolute atomic E-state index is 10.3. The molecule has 0 aliphatic rings. The Morgan fingerprint density at radius 1 is 0.826 bits per heavy atom. The number of hydrogen-bond donors (Lipinski definition) is 2. The van der Waals surface area contributed by atoms with Crippen molar-refractivity contribution in [2.75, 3.05) is 0 Å². The van der Waals surface area contributed by atoms with Gasteiger partial charge < -0.3 is 10.2 Å². The zero-order chi connectivity index (χ0) is 17.7. The first-order valence-electron chi connectivity index (χ1n) is 9.01. The van der Waals surface area contributed by atoms with E-state index in [9.17, 15) is 10.2 Å². The zero-order valence-corrected chi connectivity index (χ0v) is 15.8. The van der Waals surface area contributed by atoms with Crippen LogP contribution in [0.2, 0.25) is 0 Å². The van der Waals surface area contributed by atoms with Crippen molar-refractivity contribution in [2.45, 2.75) is 86.0 Å². The van der Waals surface area contributed by atoms with Crippen molar-refractivity contribution < 1.29 is 10.2 Å². The van der Waals surface area contributed by atoms with Crippen molar-refractivity contribution >= 4 is 0 Å². The number of allylic oxidation sites excluding steroid dienone is 7. The van der Waals surface area contributed by atoms with E-state index in [1.165, 1.54) is 30.4 Å². The second-order valence-corrected chi connectivity index (χ2v) is 6.46. The van der Waals surface area contributed by atoms with E-state index in [2.05, 4.69) is 39.8 Å². The lowest BCUT2D eigenvalue weighted by molar-refractivity contribution is 0.364. The third-order valence-corrected chi connectivity index (χ3v) is 3.87. The molecule has 23 heavy (non-hydrogen) atoms. The Morgan fingerprint density at radius 3 is 2.09 bits per heavy atom. The number of unbranched alkanes of at least 4 members (excludes halogenated alkanes) is 4. The first kappa shape index (κ1) is 21.6. The van der Waals surface area contributed by atoms with Gasteiger partial charge >= 0.3 is 0 Å². The molecular formula is C21H36O2. The average Bonchev–Trinajstić information content (AvgIpc) is 2.52. The maximum atomic E-state index is 10.3. The van der Waals surface area contributed by atoms with Gasteiger partial charge in [-0.1, -0.05) is 56.4 Å². The normalized spacial score (nSPS) is 13.8. The number of aliphatic hydroxyl groups excluding tert-OH is 2. The maximum Gasteiger partial charge on any atom is 0.118 e. The van der Waals surface area contributed by atoms with E-state index in [-0.39, 0.29) is 5.76 Å². The lowest BCUT2D eigenvalue weighted by Gasteiger charge is -2.09. The quantitative estimate of drug-likeness (QED) is 0.181. The topological polar surface area (TPSA) is 40.5 Å². The summed E-state index contributed by atoms with van der Waals surface area (Å²) < 4.78 is 0. The van der Waals surface area contributed by atoms with Crippen LogP contribution in [0.15, 0.2) is 46.5 Å². The summed E-state index contributed by atoms with van der Waals surface area (Å²) in [4.78, 5) is 0. The van der Waals surface area contributed by atoms with Crippen molar-refractivity contribution in [3.05, 3.63) is 46.5 Å². The highest BCUT2D eigenvalue weighted by Gasteiger charge is 2.08. The van der Waals surface area contributed by atoms with Gasteiger partial charge in [0.1, 0.15) is 5.76 Å². The number of aliphatic hydroxyl groups is 2.